The third kappa shape index (κ3) is 3.04. The van der Waals surface area contributed by atoms with Gasteiger partial charge in [-0.1, -0.05) is 19.9 Å². The Hall–Kier alpha value is -0.940. The van der Waals surface area contributed by atoms with E-state index in [1.165, 1.54) is 6.07 Å². The summed E-state index contributed by atoms with van der Waals surface area (Å²) in [6, 6.07) is 5.01. The van der Waals surface area contributed by atoms with Crippen LogP contribution in [0.5, 0.6) is 0 Å². The minimum absolute atomic E-state index is 0.0916. The molecule has 0 saturated carbocycles. The van der Waals surface area contributed by atoms with Crippen molar-refractivity contribution in [3.8, 4) is 0 Å². The lowest BCUT2D eigenvalue weighted by molar-refractivity contribution is 0.0776. The summed E-state index contributed by atoms with van der Waals surface area (Å²) in [5.74, 6) is -0.485. The molecule has 0 N–H and O–H groups in total. The quantitative estimate of drug-likeness (QED) is 0.839. The van der Waals surface area contributed by atoms with Crippen molar-refractivity contribution in [3.63, 3.8) is 0 Å². The van der Waals surface area contributed by atoms with Crippen LogP contribution in [0.25, 0.3) is 0 Å². The molecule has 2 rings (SSSR count). The van der Waals surface area contributed by atoms with Crippen molar-refractivity contribution < 1.29 is 9.18 Å². The molecule has 0 aliphatic carbocycles. The van der Waals surface area contributed by atoms with E-state index in [2.05, 4.69) is 34.7 Å². The molecule has 1 unspecified atom stereocenters. The Morgan fingerprint density at radius 3 is 2.80 bits per heavy atom. The van der Waals surface area contributed by atoms with E-state index in [1.807, 2.05) is 4.90 Å². The highest BCUT2D eigenvalue weighted by Gasteiger charge is 2.30. The van der Waals surface area contributed by atoms with Crippen LogP contribution in [0.3, 0.4) is 0 Å². The number of nitrogens with zero attached hydrogens (tertiary/aromatic N) is 2. The van der Waals surface area contributed by atoms with Gasteiger partial charge in [0.1, 0.15) is 5.82 Å². The second-order valence-electron chi connectivity index (χ2n) is 5.02. The zero-order valence-corrected chi connectivity index (χ0v) is 13.5. The molecule has 1 atom stereocenters. The fraction of sp³-hybridized carbons (Fsp3) is 0.533. The first kappa shape index (κ1) is 15.4. The van der Waals surface area contributed by atoms with Crippen molar-refractivity contribution in [3.05, 3.63) is 34.1 Å². The normalized spacial score (nSPS) is 18.9. The third-order valence-corrected chi connectivity index (χ3v) is 4.77. The topological polar surface area (TPSA) is 23.6 Å². The number of halogens is 2. The summed E-state index contributed by atoms with van der Waals surface area (Å²) in [5.41, 5.74) is 0.408. The maximum atomic E-state index is 13.5. The van der Waals surface area contributed by atoms with Gasteiger partial charge >= 0.3 is 0 Å². The van der Waals surface area contributed by atoms with Gasteiger partial charge in [0.05, 0.1) is 10.0 Å². The number of amides is 1. The van der Waals surface area contributed by atoms with E-state index in [-0.39, 0.29) is 10.4 Å². The number of carbonyl (C=O) groups is 1. The summed E-state index contributed by atoms with van der Waals surface area (Å²) in [6.45, 7) is 7.72. The Labute approximate surface area is 127 Å². The first-order valence-electron chi connectivity index (χ1n) is 7.05. The number of likely N-dealkylation sites (tertiary alicyclic amines) is 1. The molecule has 3 nitrogen and oxygen atoms in total. The van der Waals surface area contributed by atoms with Crippen molar-refractivity contribution >= 4 is 21.8 Å². The Morgan fingerprint density at radius 2 is 2.15 bits per heavy atom. The van der Waals surface area contributed by atoms with Crippen molar-refractivity contribution in [2.75, 3.05) is 26.2 Å². The van der Waals surface area contributed by atoms with Crippen LogP contribution in [0.15, 0.2) is 22.7 Å². The fourth-order valence-corrected chi connectivity index (χ4v) is 3.24. The largest absolute Gasteiger partial charge is 0.337 e. The molecule has 0 bridgehead atoms. The van der Waals surface area contributed by atoms with Gasteiger partial charge < -0.3 is 4.90 Å². The van der Waals surface area contributed by atoms with Gasteiger partial charge in [-0.25, -0.2) is 4.39 Å². The van der Waals surface area contributed by atoms with Crippen LogP contribution in [-0.2, 0) is 0 Å². The van der Waals surface area contributed by atoms with Gasteiger partial charge in [0.25, 0.3) is 5.91 Å². The lowest BCUT2D eigenvalue weighted by atomic mass is 10.2. The minimum atomic E-state index is -0.393. The van der Waals surface area contributed by atoms with Crippen LogP contribution in [0.2, 0.25) is 0 Å². The molecular weight excluding hydrogens is 323 g/mol. The number of hydrogen-bond acceptors (Lipinski definition) is 2. The van der Waals surface area contributed by atoms with Crippen molar-refractivity contribution in [2.24, 2.45) is 0 Å². The van der Waals surface area contributed by atoms with Crippen LogP contribution in [0.4, 0.5) is 4.39 Å². The van der Waals surface area contributed by atoms with E-state index in [1.54, 1.807) is 12.1 Å². The summed E-state index contributed by atoms with van der Waals surface area (Å²) >= 11 is 3.17. The van der Waals surface area contributed by atoms with E-state index in [4.69, 9.17) is 0 Å². The lowest BCUT2D eigenvalue weighted by Crippen LogP contribution is -2.38. The highest BCUT2D eigenvalue weighted by atomic mass is 79.9. The van der Waals surface area contributed by atoms with Crippen molar-refractivity contribution in [2.45, 2.75) is 26.3 Å². The Morgan fingerprint density at radius 1 is 1.45 bits per heavy atom. The Balaban J connectivity index is 2.10. The van der Waals surface area contributed by atoms with Crippen molar-refractivity contribution in [1.82, 2.24) is 9.80 Å². The molecule has 20 heavy (non-hydrogen) atoms. The summed E-state index contributed by atoms with van der Waals surface area (Å²) in [5, 5.41) is 0. The molecule has 0 radical (unpaired) electrons. The van der Waals surface area contributed by atoms with Crippen LogP contribution < -0.4 is 0 Å². The van der Waals surface area contributed by atoms with Gasteiger partial charge in [-0.15, -0.1) is 0 Å². The molecule has 110 valence electrons. The number of rotatable bonds is 4. The van der Waals surface area contributed by atoms with Gasteiger partial charge in [0.15, 0.2) is 0 Å². The van der Waals surface area contributed by atoms with Gasteiger partial charge in [0, 0.05) is 19.1 Å². The molecule has 0 aromatic heterocycles. The van der Waals surface area contributed by atoms with Crippen LogP contribution in [-0.4, -0.2) is 47.9 Å². The van der Waals surface area contributed by atoms with Crippen LogP contribution in [0.1, 0.15) is 30.6 Å². The van der Waals surface area contributed by atoms with E-state index in [0.717, 1.165) is 32.6 Å². The number of carbonyl (C=O) groups excluding carboxylic acids is 1. The average molecular weight is 343 g/mol. The van der Waals surface area contributed by atoms with E-state index in [0.29, 0.717) is 11.6 Å². The highest BCUT2D eigenvalue weighted by Crippen LogP contribution is 2.24. The second-order valence-corrected chi connectivity index (χ2v) is 5.81. The molecular formula is C15H20BrFN2O. The molecule has 1 fully saturated rings. The Kier molecular flexibility index (Phi) is 5.16. The monoisotopic (exact) mass is 342 g/mol. The molecule has 1 aromatic rings. The van der Waals surface area contributed by atoms with Gasteiger partial charge in [-0.2, -0.15) is 0 Å². The molecule has 1 aliphatic heterocycles. The third-order valence-electron chi connectivity index (χ3n) is 3.96. The maximum Gasteiger partial charge on any atom is 0.255 e. The molecule has 1 aliphatic rings. The van der Waals surface area contributed by atoms with Gasteiger partial charge in [-0.05, 0) is 47.6 Å². The standard InChI is InChI=1S/C15H20BrFN2O/c1-3-18(4-2)11-8-9-19(10-11)15(20)12-6-5-7-13(17)14(12)16/h5-7,11H,3-4,8-10H2,1-2H3. The fourth-order valence-electron chi connectivity index (χ4n) is 2.80. The Bertz CT molecular complexity index is 491. The van der Waals surface area contributed by atoms with E-state index < -0.39 is 5.82 Å². The predicted molar refractivity (Wildman–Crippen MR) is 81.3 cm³/mol. The summed E-state index contributed by atoms with van der Waals surface area (Å²) < 4.78 is 13.8. The number of benzene rings is 1. The predicted octanol–water partition coefficient (Wildman–Crippen LogP) is 3.14. The highest BCUT2D eigenvalue weighted by molar-refractivity contribution is 9.10. The maximum absolute atomic E-state index is 13.5. The first-order chi connectivity index (χ1) is 9.58. The number of hydrogen-bond donors (Lipinski definition) is 0. The van der Waals surface area contributed by atoms with E-state index >= 15 is 0 Å². The number of likely N-dealkylation sites (N-methyl/N-ethyl adjacent to an activating group) is 1. The van der Waals surface area contributed by atoms with Crippen LogP contribution >= 0.6 is 15.9 Å². The van der Waals surface area contributed by atoms with Gasteiger partial charge in [-0.3, -0.25) is 9.69 Å². The van der Waals surface area contributed by atoms with Gasteiger partial charge in [0.2, 0.25) is 0 Å². The average Bonchev–Trinajstić information content (AvgIpc) is 2.92. The lowest BCUT2D eigenvalue weighted by Gasteiger charge is -2.26. The molecule has 1 amide bonds. The van der Waals surface area contributed by atoms with E-state index in [9.17, 15) is 9.18 Å². The zero-order chi connectivity index (χ0) is 14.7. The summed E-state index contributed by atoms with van der Waals surface area (Å²) in [4.78, 5) is 16.7. The molecule has 1 aromatic carbocycles. The van der Waals surface area contributed by atoms with Crippen LogP contribution in [0, 0.1) is 5.82 Å². The molecule has 1 heterocycles. The SMILES string of the molecule is CCN(CC)C1CCN(C(=O)c2cccc(F)c2Br)C1. The van der Waals surface area contributed by atoms with Crippen molar-refractivity contribution in [1.29, 1.82) is 0 Å². The molecule has 5 heteroatoms. The molecule has 0 spiro atoms. The minimum Gasteiger partial charge on any atom is -0.337 e. The smallest absolute Gasteiger partial charge is 0.255 e. The summed E-state index contributed by atoms with van der Waals surface area (Å²) in [6.07, 6.45) is 0.986. The molecule has 1 saturated heterocycles. The summed E-state index contributed by atoms with van der Waals surface area (Å²) in [7, 11) is 0. The first-order valence-corrected chi connectivity index (χ1v) is 7.85. The zero-order valence-electron chi connectivity index (χ0n) is 11.9. The second kappa shape index (κ2) is 6.68.